The fraction of sp³-hybridized carbons (Fsp3) is 0.357. The van der Waals surface area contributed by atoms with E-state index in [1.807, 2.05) is 18.3 Å². The van der Waals surface area contributed by atoms with Gasteiger partial charge in [-0.05, 0) is 30.2 Å². The number of nitrogens with one attached hydrogen (secondary N) is 1. The predicted molar refractivity (Wildman–Crippen MR) is 81.6 cm³/mol. The molecule has 2 aromatic rings. The Bertz CT molecular complexity index is 734. The first kappa shape index (κ1) is 21.9. The van der Waals surface area contributed by atoms with E-state index in [4.69, 9.17) is 4.74 Å². The van der Waals surface area contributed by atoms with E-state index in [2.05, 4.69) is 5.32 Å². The minimum atomic E-state index is -2.17. The molecule has 0 aliphatic rings. The van der Waals surface area contributed by atoms with Gasteiger partial charge in [0.15, 0.2) is 0 Å². The molecule has 7 nitrogen and oxygen atoms in total. The Hall–Kier alpha value is -1.06. The second kappa shape index (κ2) is 9.94. The second-order valence-electron chi connectivity index (χ2n) is 4.67. The summed E-state index contributed by atoms with van der Waals surface area (Å²) in [6.07, 6.45) is 2.43. The van der Waals surface area contributed by atoms with Crippen LogP contribution in [0.25, 0.3) is 10.9 Å². The van der Waals surface area contributed by atoms with Crippen molar-refractivity contribution in [2.75, 3.05) is 13.7 Å². The first-order valence-electron chi connectivity index (χ1n) is 6.47. The molecule has 0 saturated carbocycles. The largest absolute Gasteiger partial charge is 1.00 e. The third-order valence-electron chi connectivity index (χ3n) is 3.18. The van der Waals surface area contributed by atoms with Crippen molar-refractivity contribution in [3.8, 4) is 5.75 Å². The topological polar surface area (TPSA) is 107 Å². The van der Waals surface area contributed by atoms with E-state index in [1.165, 1.54) is 6.92 Å². The van der Waals surface area contributed by atoms with Crippen LogP contribution in [-0.2, 0) is 36.2 Å². The Labute approximate surface area is 158 Å². The Morgan fingerprint density at radius 3 is 2.61 bits per heavy atom. The Morgan fingerprint density at radius 2 is 2.04 bits per heavy atom. The molecule has 1 aromatic heterocycles. The predicted octanol–water partition coefficient (Wildman–Crippen LogP) is -1.58. The molecule has 0 fully saturated rings. The van der Waals surface area contributed by atoms with Crippen molar-refractivity contribution in [3.63, 3.8) is 0 Å². The van der Waals surface area contributed by atoms with Crippen molar-refractivity contribution >= 4 is 27.5 Å². The van der Waals surface area contributed by atoms with E-state index in [0.717, 1.165) is 16.5 Å². The maximum atomic E-state index is 10.9. The van der Waals surface area contributed by atoms with Crippen LogP contribution < -0.4 is 39.6 Å². The summed E-state index contributed by atoms with van der Waals surface area (Å²) >= 11 is 0. The van der Waals surface area contributed by atoms with Crippen LogP contribution >= 0.6 is 0 Å². The Morgan fingerprint density at radius 1 is 1.35 bits per heavy atom. The zero-order valence-electron chi connectivity index (χ0n) is 13.4. The maximum Gasteiger partial charge on any atom is 1.00 e. The minimum Gasteiger partial charge on any atom is -0.870 e. The molecule has 0 aliphatic heterocycles. The third kappa shape index (κ3) is 5.82. The molecule has 23 heavy (non-hydrogen) atoms. The molecule has 9 heteroatoms. The monoisotopic (exact) mass is 349 g/mol. The molecule has 0 saturated heterocycles. The number of carbonyl (C=O) groups is 1. The summed E-state index contributed by atoms with van der Waals surface area (Å²) in [4.78, 5) is 10.9. The number of rotatable bonds is 6. The Balaban J connectivity index is 0.00000242. The van der Waals surface area contributed by atoms with Crippen LogP contribution in [0.1, 0.15) is 12.5 Å². The third-order valence-corrected chi connectivity index (χ3v) is 3.67. The van der Waals surface area contributed by atoms with Crippen LogP contribution in [0.15, 0.2) is 24.4 Å². The van der Waals surface area contributed by atoms with Gasteiger partial charge in [-0.15, -0.1) is 0 Å². The first-order valence-corrected chi connectivity index (χ1v) is 7.71. The van der Waals surface area contributed by atoms with Crippen molar-refractivity contribution in [1.82, 2.24) is 9.88 Å². The zero-order chi connectivity index (χ0) is 15.4. The molecule has 0 radical (unpaired) electrons. The number of hydrogen-bond donors (Lipinski definition) is 1. The van der Waals surface area contributed by atoms with Gasteiger partial charge in [0.25, 0.3) is 0 Å². The molecule has 2 rings (SSSR count). The molecular weight excluding hydrogens is 331 g/mol. The van der Waals surface area contributed by atoms with Crippen LogP contribution in [0, 0.1) is 0 Å². The number of ether oxygens (including phenoxy) is 1. The van der Waals surface area contributed by atoms with Gasteiger partial charge in [0.2, 0.25) is 5.91 Å². The van der Waals surface area contributed by atoms with Gasteiger partial charge in [0.1, 0.15) is 5.75 Å². The maximum absolute atomic E-state index is 10.9. The number of nitrogens with zero attached hydrogens (tertiary/aromatic N) is 1. The van der Waals surface area contributed by atoms with Gasteiger partial charge >= 0.3 is 29.6 Å². The summed E-state index contributed by atoms with van der Waals surface area (Å²) in [6, 6.07) is 5.51. The van der Waals surface area contributed by atoms with Gasteiger partial charge in [0, 0.05) is 36.4 Å². The first-order chi connectivity index (χ1) is 10.0. The number of hydrogen-bond acceptors (Lipinski definition) is 6. The molecule has 0 unspecified atom stereocenters. The second-order valence-corrected chi connectivity index (χ2v) is 5.54. The molecule has 0 aliphatic carbocycles. The summed E-state index contributed by atoms with van der Waals surface area (Å²) in [7, 11) is -0.582. The molecule has 1 heterocycles. The average molecular weight is 349 g/mol. The van der Waals surface area contributed by atoms with Gasteiger partial charge in [-0.1, -0.05) is 10.7 Å². The van der Waals surface area contributed by atoms with E-state index < -0.39 is 10.7 Å². The number of benzene rings is 1. The summed E-state index contributed by atoms with van der Waals surface area (Å²) < 4.78 is 28.8. The van der Waals surface area contributed by atoms with Gasteiger partial charge in [-0.3, -0.25) is 4.79 Å². The Kier molecular flexibility index (Phi) is 9.48. The van der Waals surface area contributed by atoms with Gasteiger partial charge in [-0.25, -0.2) is 0 Å². The summed E-state index contributed by atoms with van der Waals surface area (Å²) in [5.74, 6) is 0.532. The molecule has 0 atom stereocenters. The van der Waals surface area contributed by atoms with Crippen LogP contribution in [-0.4, -0.2) is 29.6 Å². The van der Waals surface area contributed by atoms with Crippen LogP contribution in [0.4, 0.5) is 0 Å². The standard InChI is InChI=1S/C14H17N2O4S.Na.H2O/c1-10(17)15-6-5-11-8-16(9-21(18)19)14-4-3-12(20-2)7-13(11)14;;/h3-4,7-8H,5-6,9H2,1-2H3,(H,15,17);;1H2/q-1;+1;/p-1. The minimum absolute atomic E-state index is 0. The molecular formula is C14H18N2NaO5S-. The zero-order valence-corrected chi connectivity index (χ0v) is 16.2. The van der Waals surface area contributed by atoms with Crippen LogP contribution in [0.2, 0.25) is 0 Å². The van der Waals surface area contributed by atoms with Gasteiger partial charge in [-0.2, -0.15) is 0 Å². The summed E-state index contributed by atoms with van der Waals surface area (Å²) in [5.41, 5.74) is 1.81. The fourth-order valence-electron chi connectivity index (χ4n) is 2.27. The van der Waals surface area contributed by atoms with E-state index in [1.54, 1.807) is 17.7 Å². The van der Waals surface area contributed by atoms with Crippen molar-refractivity contribution in [2.45, 2.75) is 19.2 Å². The average Bonchev–Trinajstić information content (AvgIpc) is 2.75. The SMILES string of the molecule is COc1ccc2c(c1)c(CCNC(C)=O)cn2C[S-](=O)=O.[Na+].[OH-]. The molecule has 1 aromatic carbocycles. The van der Waals surface area contributed by atoms with E-state index in [0.29, 0.717) is 18.7 Å². The number of methoxy groups -OCH3 is 1. The van der Waals surface area contributed by atoms with E-state index >= 15 is 0 Å². The van der Waals surface area contributed by atoms with Crippen molar-refractivity contribution in [2.24, 2.45) is 0 Å². The van der Waals surface area contributed by atoms with Crippen LogP contribution in [0.3, 0.4) is 0 Å². The molecule has 2 N–H and O–H groups in total. The molecule has 0 spiro atoms. The quantitative estimate of drug-likeness (QED) is 0.500. The smallest absolute Gasteiger partial charge is 0.870 e. The normalized spacial score (nSPS) is 10.0. The number of carbonyl (C=O) groups excluding carboxylic acids is 1. The van der Waals surface area contributed by atoms with Crippen molar-refractivity contribution < 1.29 is 53.0 Å². The van der Waals surface area contributed by atoms with E-state index in [9.17, 15) is 13.2 Å². The van der Waals surface area contributed by atoms with Crippen molar-refractivity contribution in [3.05, 3.63) is 30.0 Å². The summed E-state index contributed by atoms with van der Waals surface area (Å²) in [6.45, 7) is 1.97. The summed E-state index contributed by atoms with van der Waals surface area (Å²) in [5, 5.41) is 3.67. The molecule has 122 valence electrons. The van der Waals surface area contributed by atoms with Gasteiger partial charge < -0.3 is 28.5 Å². The van der Waals surface area contributed by atoms with Crippen LogP contribution in [0.5, 0.6) is 5.75 Å². The molecule has 0 bridgehead atoms. The van der Waals surface area contributed by atoms with Crippen molar-refractivity contribution in [1.29, 1.82) is 0 Å². The number of fused-ring (bicyclic) bond motifs is 1. The van der Waals surface area contributed by atoms with E-state index in [-0.39, 0.29) is 46.8 Å². The number of amides is 1. The molecule has 1 amide bonds. The number of aromatic nitrogens is 1. The fourth-order valence-corrected chi connectivity index (χ4v) is 2.71. The van der Waals surface area contributed by atoms with Gasteiger partial charge in [0.05, 0.1) is 7.11 Å².